The highest BCUT2D eigenvalue weighted by Gasteiger charge is 2.15. The minimum absolute atomic E-state index is 0.946. The lowest BCUT2D eigenvalue weighted by Gasteiger charge is -2.02. The van der Waals surface area contributed by atoms with Gasteiger partial charge in [0.25, 0.3) is 0 Å². The maximum atomic E-state index is 4.76. The van der Waals surface area contributed by atoms with Gasteiger partial charge >= 0.3 is 0 Å². The van der Waals surface area contributed by atoms with Crippen molar-refractivity contribution < 1.29 is 0 Å². The van der Waals surface area contributed by atoms with Crippen molar-refractivity contribution in [1.29, 1.82) is 0 Å². The smallest absolute Gasteiger partial charge is 0.118 e. The van der Waals surface area contributed by atoms with Crippen molar-refractivity contribution in [3.8, 4) is 11.3 Å². The van der Waals surface area contributed by atoms with Crippen LogP contribution in [0.2, 0.25) is 0 Å². The molecule has 4 aromatic rings. The van der Waals surface area contributed by atoms with E-state index in [1.165, 1.54) is 11.1 Å². The Bertz CT molecular complexity index is 923. The van der Waals surface area contributed by atoms with Crippen molar-refractivity contribution in [1.82, 2.24) is 14.6 Å². The van der Waals surface area contributed by atoms with Gasteiger partial charge in [0.2, 0.25) is 0 Å². The van der Waals surface area contributed by atoms with E-state index in [0.717, 1.165) is 28.6 Å². The van der Waals surface area contributed by atoms with Crippen molar-refractivity contribution in [3.05, 3.63) is 66.5 Å². The average Bonchev–Trinajstić information content (AvgIpc) is 2.94. The molecule has 0 spiro atoms. The Morgan fingerprint density at radius 1 is 0.952 bits per heavy atom. The largest absolute Gasteiger partial charge is 0.236 e. The second-order valence-corrected chi connectivity index (χ2v) is 5.10. The number of aryl methyl sites for hydroxylation is 1. The molecule has 0 N–H and O–H groups in total. The maximum Gasteiger partial charge on any atom is 0.118 e. The van der Waals surface area contributed by atoms with Gasteiger partial charge in [-0.25, -0.2) is 9.50 Å². The van der Waals surface area contributed by atoms with Gasteiger partial charge in [0.15, 0.2) is 0 Å². The Kier molecular flexibility index (Phi) is 2.71. The van der Waals surface area contributed by atoms with Crippen LogP contribution >= 0.6 is 0 Å². The third-order valence-corrected chi connectivity index (χ3v) is 3.87. The van der Waals surface area contributed by atoms with Gasteiger partial charge in [0, 0.05) is 16.5 Å². The number of hydrogen-bond acceptors (Lipinski definition) is 2. The van der Waals surface area contributed by atoms with Crippen LogP contribution in [0.5, 0.6) is 0 Å². The van der Waals surface area contributed by atoms with Gasteiger partial charge in [-0.2, -0.15) is 5.10 Å². The first-order chi connectivity index (χ1) is 10.4. The summed E-state index contributed by atoms with van der Waals surface area (Å²) in [7, 11) is 0. The second-order valence-electron chi connectivity index (χ2n) is 5.10. The van der Waals surface area contributed by atoms with Gasteiger partial charge in [0.05, 0.1) is 16.7 Å². The van der Waals surface area contributed by atoms with Crippen LogP contribution in [0.1, 0.15) is 12.5 Å². The van der Waals surface area contributed by atoms with Crippen molar-refractivity contribution >= 4 is 16.4 Å². The highest BCUT2D eigenvalue weighted by molar-refractivity contribution is 5.97. The van der Waals surface area contributed by atoms with Gasteiger partial charge in [-0.05, 0) is 12.5 Å². The number of aromatic nitrogens is 3. The van der Waals surface area contributed by atoms with Crippen molar-refractivity contribution in [2.24, 2.45) is 0 Å². The molecule has 0 amide bonds. The molecular formula is C18H15N3. The molecule has 3 nitrogen and oxygen atoms in total. The van der Waals surface area contributed by atoms with E-state index in [1.807, 2.05) is 29.0 Å². The van der Waals surface area contributed by atoms with Crippen LogP contribution in [-0.2, 0) is 6.42 Å². The first kappa shape index (κ1) is 12.1. The number of fused-ring (bicyclic) bond motifs is 3. The third-order valence-electron chi connectivity index (χ3n) is 3.87. The molecule has 0 radical (unpaired) electrons. The molecule has 0 aliphatic rings. The lowest BCUT2D eigenvalue weighted by atomic mass is 10.0. The minimum atomic E-state index is 0.946. The molecule has 0 saturated heterocycles. The molecule has 102 valence electrons. The molecule has 21 heavy (non-hydrogen) atoms. The van der Waals surface area contributed by atoms with Crippen LogP contribution in [0.25, 0.3) is 27.7 Å². The highest BCUT2D eigenvalue weighted by Crippen LogP contribution is 2.30. The maximum absolute atomic E-state index is 4.76. The van der Waals surface area contributed by atoms with Gasteiger partial charge in [-0.15, -0.1) is 0 Å². The van der Waals surface area contributed by atoms with E-state index in [0.29, 0.717) is 0 Å². The summed E-state index contributed by atoms with van der Waals surface area (Å²) in [4.78, 5) is 4.49. The summed E-state index contributed by atoms with van der Waals surface area (Å²) in [5.41, 5.74) is 5.67. The Morgan fingerprint density at radius 2 is 1.71 bits per heavy atom. The molecule has 0 bridgehead atoms. The normalized spacial score (nSPS) is 11.3. The molecule has 2 aromatic carbocycles. The van der Waals surface area contributed by atoms with E-state index >= 15 is 0 Å². The van der Waals surface area contributed by atoms with Crippen molar-refractivity contribution in [3.63, 3.8) is 0 Å². The summed E-state index contributed by atoms with van der Waals surface area (Å²) >= 11 is 0. The Labute approximate surface area is 122 Å². The highest BCUT2D eigenvalue weighted by atomic mass is 15.2. The summed E-state index contributed by atoms with van der Waals surface area (Å²) in [6, 6.07) is 18.6. The van der Waals surface area contributed by atoms with Crippen LogP contribution in [0, 0.1) is 0 Å². The molecule has 2 heterocycles. The molecule has 2 aromatic heterocycles. The molecule has 0 aliphatic carbocycles. The molecule has 4 rings (SSSR count). The monoisotopic (exact) mass is 273 g/mol. The summed E-state index contributed by atoms with van der Waals surface area (Å²) in [5, 5.41) is 5.92. The number of rotatable bonds is 2. The fourth-order valence-corrected chi connectivity index (χ4v) is 2.90. The first-order valence-electron chi connectivity index (χ1n) is 7.19. The first-order valence-corrected chi connectivity index (χ1v) is 7.19. The summed E-state index contributed by atoms with van der Waals surface area (Å²) in [6.07, 6.45) is 2.75. The predicted molar refractivity (Wildman–Crippen MR) is 85.3 cm³/mol. The van der Waals surface area contributed by atoms with Gasteiger partial charge in [-0.3, -0.25) is 0 Å². The number of benzene rings is 2. The SMILES string of the molecule is CCc1c(-c2ccccc2)nn2cnc3ccccc3c12. The van der Waals surface area contributed by atoms with Crippen LogP contribution in [0.3, 0.4) is 0 Å². The van der Waals surface area contributed by atoms with E-state index in [2.05, 4.69) is 48.3 Å². The quantitative estimate of drug-likeness (QED) is 0.550. The molecule has 0 fully saturated rings. The molecule has 0 unspecified atom stereocenters. The van der Waals surface area contributed by atoms with Crippen LogP contribution in [0.4, 0.5) is 0 Å². The van der Waals surface area contributed by atoms with E-state index in [4.69, 9.17) is 5.10 Å². The van der Waals surface area contributed by atoms with Gasteiger partial charge in [0.1, 0.15) is 6.33 Å². The van der Waals surface area contributed by atoms with E-state index < -0.39 is 0 Å². The Balaban J connectivity index is 2.13. The van der Waals surface area contributed by atoms with Crippen LogP contribution in [-0.4, -0.2) is 14.6 Å². The van der Waals surface area contributed by atoms with E-state index in [9.17, 15) is 0 Å². The average molecular weight is 273 g/mol. The van der Waals surface area contributed by atoms with E-state index in [1.54, 1.807) is 0 Å². The second kappa shape index (κ2) is 4.70. The van der Waals surface area contributed by atoms with Crippen LogP contribution < -0.4 is 0 Å². The van der Waals surface area contributed by atoms with Crippen molar-refractivity contribution in [2.45, 2.75) is 13.3 Å². The zero-order chi connectivity index (χ0) is 14.2. The lowest BCUT2D eigenvalue weighted by molar-refractivity contribution is 0.938. The minimum Gasteiger partial charge on any atom is -0.236 e. The van der Waals surface area contributed by atoms with Crippen LogP contribution in [0.15, 0.2) is 60.9 Å². The number of hydrogen-bond donors (Lipinski definition) is 0. The third kappa shape index (κ3) is 1.82. The van der Waals surface area contributed by atoms with E-state index in [-0.39, 0.29) is 0 Å². The molecule has 0 saturated carbocycles. The molecule has 3 heteroatoms. The fraction of sp³-hybridized carbons (Fsp3) is 0.111. The zero-order valence-corrected chi connectivity index (χ0v) is 11.8. The van der Waals surface area contributed by atoms with Gasteiger partial charge < -0.3 is 0 Å². The van der Waals surface area contributed by atoms with Gasteiger partial charge in [-0.1, -0.05) is 55.5 Å². The van der Waals surface area contributed by atoms with Crippen molar-refractivity contribution in [2.75, 3.05) is 0 Å². The number of nitrogens with zero attached hydrogens (tertiary/aromatic N) is 3. The topological polar surface area (TPSA) is 30.2 Å². The molecule has 0 aliphatic heterocycles. The summed E-state index contributed by atoms with van der Waals surface area (Å²) in [5.74, 6) is 0. The summed E-state index contributed by atoms with van der Waals surface area (Å²) < 4.78 is 1.91. The summed E-state index contributed by atoms with van der Waals surface area (Å²) in [6.45, 7) is 2.18. The fourth-order valence-electron chi connectivity index (χ4n) is 2.90. The standard InChI is InChI=1S/C18H15N3/c1-2-14-17(13-8-4-3-5-9-13)20-21-12-19-16-11-7-6-10-15(16)18(14)21/h3-12H,2H2,1H3. The zero-order valence-electron chi connectivity index (χ0n) is 11.8. The Hall–Kier alpha value is -2.68. The Morgan fingerprint density at radius 3 is 2.52 bits per heavy atom. The predicted octanol–water partition coefficient (Wildman–Crippen LogP) is 4.11. The molecule has 0 atom stereocenters. The molecular weight excluding hydrogens is 258 g/mol. The lowest BCUT2D eigenvalue weighted by Crippen LogP contribution is -1.91. The number of para-hydroxylation sites is 1.